The minimum Gasteiger partial charge on any atom is -0.456 e. The summed E-state index contributed by atoms with van der Waals surface area (Å²) in [5, 5.41) is 10.2. The van der Waals surface area contributed by atoms with Crippen LogP contribution >= 0.6 is 0 Å². The molecule has 0 N–H and O–H groups in total. The average Bonchev–Trinajstić information content (AvgIpc) is 3.16. The highest BCUT2D eigenvalue weighted by atomic mass is 16.5. The van der Waals surface area contributed by atoms with Gasteiger partial charge in [-0.1, -0.05) is 127 Å². The SMILES string of the molecule is [2H]c1c([2H])c([2H])c(-c2c3cc(-c4ccc5c(c4)-c4cccc6c4c(cc4ccccc46)O5)ccc3cc3c2ccc2ccccc23)c([2H])c1[2H]. The molecule has 0 aliphatic carbocycles. The van der Waals surface area contributed by atoms with E-state index in [1.54, 1.807) is 0 Å². The molecule has 45 heavy (non-hydrogen) atoms. The zero-order valence-electron chi connectivity index (χ0n) is 29.0. The quantitative estimate of drug-likeness (QED) is 0.147. The fourth-order valence-corrected chi connectivity index (χ4v) is 7.25. The van der Waals surface area contributed by atoms with Crippen LogP contribution in [0.5, 0.6) is 11.5 Å². The van der Waals surface area contributed by atoms with E-state index in [-0.39, 0.29) is 29.7 Å². The number of hydrogen-bond acceptors (Lipinski definition) is 1. The van der Waals surface area contributed by atoms with E-state index in [9.17, 15) is 0 Å². The molecule has 10 rings (SSSR count). The van der Waals surface area contributed by atoms with E-state index >= 15 is 0 Å². The zero-order valence-corrected chi connectivity index (χ0v) is 24.0. The molecule has 1 nitrogen and oxygen atoms in total. The summed E-state index contributed by atoms with van der Waals surface area (Å²) in [6.07, 6.45) is 0. The van der Waals surface area contributed by atoms with E-state index in [1.165, 1.54) is 5.39 Å². The van der Waals surface area contributed by atoms with E-state index in [1.807, 2.05) is 36.4 Å². The normalized spacial score (nSPS) is 13.7. The topological polar surface area (TPSA) is 9.23 Å². The van der Waals surface area contributed by atoms with Crippen molar-refractivity contribution >= 4 is 53.9 Å². The summed E-state index contributed by atoms with van der Waals surface area (Å²) in [5.74, 6) is 1.64. The first-order valence-corrected chi connectivity index (χ1v) is 15.1. The van der Waals surface area contributed by atoms with Crippen LogP contribution in [0.25, 0.3) is 87.2 Å². The van der Waals surface area contributed by atoms with E-state index in [0.29, 0.717) is 5.56 Å². The lowest BCUT2D eigenvalue weighted by molar-refractivity contribution is 0.488. The lowest BCUT2D eigenvalue weighted by Gasteiger charge is -2.23. The van der Waals surface area contributed by atoms with E-state index in [2.05, 4.69) is 91.0 Å². The average molecular weight is 576 g/mol. The Bertz CT molecular complexity index is 2940. The van der Waals surface area contributed by atoms with Crippen LogP contribution in [0.1, 0.15) is 6.85 Å². The van der Waals surface area contributed by atoms with Crippen molar-refractivity contribution in [2.75, 3.05) is 0 Å². The molecule has 9 aromatic carbocycles. The molecule has 1 heterocycles. The van der Waals surface area contributed by atoms with E-state index < -0.39 is 6.04 Å². The highest BCUT2D eigenvalue weighted by molar-refractivity contribution is 6.21. The molecule has 0 aromatic heterocycles. The van der Waals surface area contributed by atoms with Crippen LogP contribution in [-0.4, -0.2) is 0 Å². The van der Waals surface area contributed by atoms with Crippen LogP contribution in [0.3, 0.4) is 0 Å². The summed E-state index contributed by atoms with van der Waals surface area (Å²) in [7, 11) is 0. The van der Waals surface area contributed by atoms with Crippen molar-refractivity contribution < 1.29 is 11.6 Å². The Hall–Kier alpha value is -5.92. The van der Waals surface area contributed by atoms with Crippen molar-refractivity contribution in [3.05, 3.63) is 158 Å². The number of benzene rings is 9. The summed E-state index contributed by atoms with van der Waals surface area (Å²) in [6, 6.07) is 42.2. The third-order valence-corrected chi connectivity index (χ3v) is 9.28. The van der Waals surface area contributed by atoms with Crippen molar-refractivity contribution in [3.8, 4) is 44.9 Å². The van der Waals surface area contributed by atoms with Gasteiger partial charge in [-0.25, -0.2) is 0 Å². The second-order valence-corrected chi connectivity index (χ2v) is 11.7. The lowest BCUT2D eigenvalue weighted by Crippen LogP contribution is -1.98. The van der Waals surface area contributed by atoms with E-state index in [0.717, 1.165) is 82.2 Å². The van der Waals surface area contributed by atoms with Crippen molar-refractivity contribution in [2.45, 2.75) is 0 Å². The highest BCUT2D eigenvalue weighted by Gasteiger charge is 2.22. The Kier molecular flexibility index (Phi) is 4.15. The van der Waals surface area contributed by atoms with Gasteiger partial charge < -0.3 is 4.74 Å². The van der Waals surface area contributed by atoms with Gasteiger partial charge in [0.1, 0.15) is 11.5 Å². The Morgan fingerprint density at radius 2 is 1.11 bits per heavy atom. The molecule has 208 valence electrons. The van der Waals surface area contributed by atoms with Crippen molar-refractivity contribution in [1.82, 2.24) is 0 Å². The summed E-state index contributed by atoms with van der Waals surface area (Å²) < 4.78 is 49.8. The molecule has 1 heteroatoms. The monoisotopic (exact) mass is 575 g/mol. The van der Waals surface area contributed by atoms with Crippen molar-refractivity contribution in [3.63, 3.8) is 0 Å². The van der Waals surface area contributed by atoms with Crippen molar-refractivity contribution in [1.29, 1.82) is 0 Å². The molecule has 0 bridgehead atoms. The van der Waals surface area contributed by atoms with Crippen LogP contribution in [-0.2, 0) is 0 Å². The molecule has 0 unspecified atom stereocenters. The fraction of sp³-hybridized carbons (Fsp3) is 0. The molecule has 9 aromatic rings. The summed E-state index contributed by atoms with van der Waals surface area (Å²) in [5.41, 5.74) is 4.89. The molecule has 0 radical (unpaired) electrons. The molecule has 1 aliphatic rings. The molecular formula is C44H26O. The number of ether oxygens (including phenoxy) is 1. The largest absolute Gasteiger partial charge is 0.456 e. The maximum Gasteiger partial charge on any atom is 0.136 e. The first-order valence-electron chi connectivity index (χ1n) is 17.6. The smallest absolute Gasteiger partial charge is 0.136 e. The number of fused-ring (bicyclic) bond motifs is 8. The molecule has 0 saturated heterocycles. The third kappa shape index (κ3) is 3.62. The van der Waals surface area contributed by atoms with Gasteiger partial charge in [0.15, 0.2) is 0 Å². The van der Waals surface area contributed by atoms with Crippen LogP contribution in [0, 0.1) is 0 Å². The second-order valence-electron chi connectivity index (χ2n) is 11.7. The van der Waals surface area contributed by atoms with E-state index in [4.69, 9.17) is 11.6 Å². The standard InChI is InChI=1S/C44H26O/c1-2-10-28(11-3-1)43-37-21-19-27-9-4-6-13-33(27)39(37)25-32-18-17-29(23-38(32)43)30-20-22-41-40(24-30)36-16-8-15-35-34-14-7-5-12-31(34)26-42(45-41)44(35)36/h1-26H/i1D,2D,3D,10D,11D. The Morgan fingerprint density at radius 1 is 0.400 bits per heavy atom. The van der Waals surface area contributed by atoms with Gasteiger partial charge in [0.05, 0.1) is 6.85 Å². The van der Waals surface area contributed by atoms with Gasteiger partial charge in [-0.2, -0.15) is 0 Å². The summed E-state index contributed by atoms with van der Waals surface area (Å²) >= 11 is 0. The van der Waals surface area contributed by atoms with Crippen LogP contribution in [0.4, 0.5) is 0 Å². The van der Waals surface area contributed by atoms with Gasteiger partial charge in [-0.05, 0) is 107 Å². The summed E-state index contributed by atoms with van der Waals surface area (Å²) in [6.45, 7) is 0. The van der Waals surface area contributed by atoms with Gasteiger partial charge in [0.2, 0.25) is 0 Å². The van der Waals surface area contributed by atoms with Gasteiger partial charge in [-0.3, -0.25) is 0 Å². The fourth-order valence-electron chi connectivity index (χ4n) is 7.25. The molecule has 0 saturated carbocycles. The van der Waals surface area contributed by atoms with Gasteiger partial charge in [0.25, 0.3) is 0 Å². The Morgan fingerprint density at radius 3 is 2.00 bits per heavy atom. The number of hydrogen-bond donors (Lipinski definition) is 0. The Labute approximate surface area is 267 Å². The zero-order chi connectivity index (χ0) is 33.8. The maximum absolute atomic E-state index is 8.99. The second kappa shape index (κ2) is 9.29. The minimum absolute atomic E-state index is 0.202. The Balaban J connectivity index is 1.24. The van der Waals surface area contributed by atoms with Crippen LogP contribution in [0.15, 0.2) is 158 Å². The molecule has 0 amide bonds. The highest BCUT2D eigenvalue weighted by Crippen LogP contribution is 2.50. The van der Waals surface area contributed by atoms with Crippen molar-refractivity contribution in [2.24, 2.45) is 0 Å². The molecular weight excluding hydrogens is 544 g/mol. The first-order chi connectivity index (χ1) is 24.4. The maximum atomic E-state index is 8.99. The molecule has 0 spiro atoms. The third-order valence-electron chi connectivity index (χ3n) is 9.28. The van der Waals surface area contributed by atoms with Gasteiger partial charge >= 0.3 is 0 Å². The first kappa shape index (κ1) is 20.1. The molecule has 0 atom stereocenters. The predicted octanol–water partition coefficient (Wildman–Crippen LogP) is 12.6. The van der Waals surface area contributed by atoms with Crippen LogP contribution < -0.4 is 4.74 Å². The summed E-state index contributed by atoms with van der Waals surface area (Å²) in [4.78, 5) is 0. The van der Waals surface area contributed by atoms with Gasteiger partial charge in [0, 0.05) is 10.9 Å². The van der Waals surface area contributed by atoms with Crippen LogP contribution in [0.2, 0.25) is 0 Å². The number of rotatable bonds is 2. The predicted molar refractivity (Wildman–Crippen MR) is 190 cm³/mol. The molecule has 0 fully saturated rings. The minimum atomic E-state index is -0.402. The molecule has 1 aliphatic heterocycles. The van der Waals surface area contributed by atoms with Gasteiger partial charge in [-0.15, -0.1) is 0 Å². The lowest BCUT2D eigenvalue weighted by atomic mass is 9.87.